The first-order valence-corrected chi connectivity index (χ1v) is 8.55. The van der Waals surface area contributed by atoms with Crippen LogP contribution in [-0.4, -0.2) is 23.9 Å². The molecule has 2 aromatic carbocycles. The molecule has 4 heteroatoms. The number of hydrogen-bond donors (Lipinski definition) is 1. The lowest BCUT2D eigenvalue weighted by Gasteiger charge is -2.26. The van der Waals surface area contributed by atoms with Gasteiger partial charge in [0.2, 0.25) is 0 Å². The lowest BCUT2D eigenvalue weighted by Crippen LogP contribution is -2.29. The Kier molecular flexibility index (Phi) is 5.59. The number of rotatable bonds is 5. The number of carbonyl (C=O) groups is 1. The van der Waals surface area contributed by atoms with Gasteiger partial charge in [0.25, 0.3) is 5.91 Å². The van der Waals surface area contributed by atoms with Gasteiger partial charge in [-0.2, -0.15) is 0 Å². The molecule has 0 unspecified atom stereocenters. The summed E-state index contributed by atoms with van der Waals surface area (Å²) in [4.78, 5) is 14.6. The average molecular weight is 326 g/mol. The molecule has 0 saturated carbocycles. The van der Waals surface area contributed by atoms with Gasteiger partial charge in [-0.05, 0) is 61.3 Å². The van der Waals surface area contributed by atoms with Crippen molar-refractivity contribution in [3.8, 4) is 0 Å². The van der Waals surface area contributed by atoms with Gasteiger partial charge < -0.3 is 5.32 Å². The Hall–Kier alpha value is -2.20. The van der Waals surface area contributed by atoms with Crippen LogP contribution in [0.15, 0.2) is 48.5 Å². The van der Waals surface area contributed by atoms with Crippen molar-refractivity contribution in [3.63, 3.8) is 0 Å². The van der Waals surface area contributed by atoms with E-state index in [2.05, 4.69) is 10.2 Å². The molecule has 24 heavy (non-hydrogen) atoms. The molecule has 1 N–H and O–H groups in total. The minimum absolute atomic E-state index is 0.135. The lowest BCUT2D eigenvalue weighted by atomic mass is 10.1. The Balaban J connectivity index is 1.53. The molecule has 1 aliphatic rings. The second-order valence-electron chi connectivity index (χ2n) is 6.35. The van der Waals surface area contributed by atoms with E-state index >= 15 is 0 Å². The van der Waals surface area contributed by atoms with E-state index in [0.717, 1.165) is 25.2 Å². The number of amides is 1. The molecule has 126 valence electrons. The summed E-state index contributed by atoms with van der Waals surface area (Å²) in [5, 5.41) is 2.83. The predicted octanol–water partition coefficient (Wildman–Crippen LogP) is 3.74. The molecule has 0 spiro atoms. The molecule has 2 aromatic rings. The van der Waals surface area contributed by atoms with E-state index in [1.54, 1.807) is 12.1 Å². The van der Waals surface area contributed by atoms with Crippen LogP contribution in [0.1, 0.15) is 40.7 Å². The fourth-order valence-electron chi connectivity index (χ4n) is 3.07. The quantitative estimate of drug-likeness (QED) is 0.908. The number of hydrogen-bond acceptors (Lipinski definition) is 2. The summed E-state index contributed by atoms with van der Waals surface area (Å²) >= 11 is 0. The molecule has 0 aliphatic carbocycles. The van der Waals surface area contributed by atoms with Crippen molar-refractivity contribution in [2.45, 2.75) is 32.4 Å². The average Bonchev–Trinajstić information content (AvgIpc) is 2.61. The van der Waals surface area contributed by atoms with Crippen molar-refractivity contribution < 1.29 is 9.18 Å². The summed E-state index contributed by atoms with van der Waals surface area (Å²) in [7, 11) is 0. The van der Waals surface area contributed by atoms with Crippen LogP contribution >= 0.6 is 0 Å². The highest BCUT2D eigenvalue weighted by atomic mass is 19.1. The van der Waals surface area contributed by atoms with Crippen LogP contribution in [0.25, 0.3) is 0 Å². The Morgan fingerprint density at radius 1 is 1.00 bits per heavy atom. The standard InChI is InChI=1S/C20H23FN2O/c21-19-6-4-5-17(13-19)14-22-20(24)18-9-7-16(8-10-18)15-23-11-2-1-3-12-23/h4-10,13H,1-3,11-12,14-15H2,(H,22,24). The number of likely N-dealkylation sites (tertiary alicyclic amines) is 1. The van der Waals surface area contributed by atoms with Crippen LogP contribution in [0.2, 0.25) is 0 Å². The second-order valence-corrected chi connectivity index (χ2v) is 6.35. The third-order valence-electron chi connectivity index (χ3n) is 4.41. The molecular formula is C20H23FN2O. The van der Waals surface area contributed by atoms with E-state index in [1.165, 1.54) is 37.0 Å². The second kappa shape index (κ2) is 8.06. The van der Waals surface area contributed by atoms with Crippen molar-refractivity contribution >= 4 is 5.91 Å². The van der Waals surface area contributed by atoms with Gasteiger partial charge in [-0.15, -0.1) is 0 Å². The minimum Gasteiger partial charge on any atom is -0.348 e. The van der Waals surface area contributed by atoms with E-state index in [-0.39, 0.29) is 11.7 Å². The van der Waals surface area contributed by atoms with Crippen molar-refractivity contribution in [2.24, 2.45) is 0 Å². The third kappa shape index (κ3) is 4.65. The molecule has 3 rings (SSSR count). The smallest absolute Gasteiger partial charge is 0.251 e. The van der Waals surface area contributed by atoms with E-state index in [4.69, 9.17) is 0 Å². The molecule has 0 radical (unpaired) electrons. The molecule has 1 heterocycles. The maximum Gasteiger partial charge on any atom is 0.251 e. The highest BCUT2D eigenvalue weighted by Gasteiger charge is 2.11. The van der Waals surface area contributed by atoms with E-state index in [1.807, 2.05) is 24.3 Å². The number of nitrogens with one attached hydrogen (secondary N) is 1. The maximum atomic E-state index is 13.1. The van der Waals surface area contributed by atoms with Gasteiger partial charge >= 0.3 is 0 Å². The van der Waals surface area contributed by atoms with Gasteiger partial charge in [-0.25, -0.2) is 4.39 Å². The van der Waals surface area contributed by atoms with Crippen LogP contribution in [0.4, 0.5) is 4.39 Å². The molecule has 1 aliphatic heterocycles. The normalized spacial score (nSPS) is 15.2. The van der Waals surface area contributed by atoms with E-state index < -0.39 is 0 Å². The summed E-state index contributed by atoms with van der Waals surface area (Å²) in [5.74, 6) is -0.424. The summed E-state index contributed by atoms with van der Waals surface area (Å²) in [6.07, 6.45) is 3.89. The summed E-state index contributed by atoms with van der Waals surface area (Å²) in [6.45, 7) is 3.60. The number of benzene rings is 2. The molecular weight excluding hydrogens is 303 g/mol. The molecule has 0 atom stereocenters. The van der Waals surface area contributed by atoms with Crippen LogP contribution in [0, 0.1) is 5.82 Å². The molecule has 1 amide bonds. The SMILES string of the molecule is O=C(NCc1cccc(F)c1)c1ccc(CN2CCCCC2)cc1. The first-order chi connectivity index (χ1) is 11.7. The maximum absolute atomic E-state index is 13.1. The van der Waals surface area contributed by atoms with Crippen molar-refractivity contribution in [1.29, 1.82) is 0 Å². The molecule has 3 nitrogen and oxygen atoms in total. The van der Waals surface area contributed by atoms with Crippen LogP contribution in [-0.2, 0) is 13.1 Å². The van der Waals surface area contributed by atoms with Gasteiger partial charge in [-0.1, -0.05) is 30.7 Å². The van der Waals surface area contributed by atoms with Crippen molar-refractivity contribution in [3.05, 3.63) is 71.0 Å². The number of halogens is 1. The van der Waals surface area contributed by atoms with Gasteiger partial charge in [0.15, 0.2) is 0 Å². The fraction of sp³-hybridized carbons (Fsp3) is 0.350. The first kappa shape index (κ1) is 16.7. The van der Waals surface area contributed by atoms with Crippen LogP contribution in [0.3, 0.4) is 0 Å². The number of carbonyl (C=O) groups excluding carboxylic acids is 1. The van der Waals surface area contributed by atoms with Crippen LogP contribution in [0.5, 0.6) is 0 Å². The number of nitrogens with zero attached hydrogens (tertiary/aromatic N) is 1. The van der Waals surface area contributed by atoms with Crippen molar-refractivity contribution in [2.75, 3.05) is 13.1 Å². The topological polar surface area (TPSA) is 32.3 Å². The molecule has 1 fully saturated rings. The van der Waals surface area contributed by atoms with Gasteiger partial charge in [0.1, 0.15) is 5.82 Å². The Bertz CT molecular complexity index is 678. The zero-order chi connectivity index (χ0) is 16.8. The molecule has 0 aromatic heterocycles. The summed E-state index contributed by atoms with van der Waals surface area (Å²) in [6, 6.07) is 14.0. The number of piperidine rings is 1. The van der Waals surface area contributed by atoms with E-state index in [9.17, 15) is 9.18 Å². The Morgan fingerprint density at radius 2 is 1.75 bits per heavy atom. The Labute approximate surface area is 142 Å². The summed E-state index contributed by atoms with van der Waals surface area (Å²) in [5.41, 5.74) is 2.62. The monoisotopic (exact) mass is 326 g/mol. The van der Waals surface area contributed by atoms with Crippen molar-refractivity contribution in [1.82, 2.24) is 10.2 Å². The first-order valence-electron chi connectivity index (χ1n) is 8.55. The lowest BCUT2D eigenvalue weighted by molar-refractivity contribution is 0.0951. The van der Waals surface area contributed by atoms with Gasteiger partial charge in [-0.3, -0.25) is 9.69 Å². The van der Waals surface area contributed by atoms with Gasteiger partial charge in [0, 0.05) is 18.7 Å². The molecule has 0 bridgehead atoms. The highest BCUT2D eigenvalue weighted by molar-refractivity contribution is 5.94. The minimum atomic E-state index is -0.288. The van der Waals surface area contributed by atoms with Crippen LogP contribution < -0.4 is 5.32 Å². The largest absolute Gasteiger partial charge is 0.348 e. The zero-order valence-corrected chi connectivity index (χ0v) is 13.8. The zero-order valence-electron chi connectivity index (χ0n) is 13.8. The fourth-order valence-corrected chi connectivity index (χ4v) is 3.07. The summed E-state index contributed by atoms with van der Waals surface area (Å²) < 4.78 is 13.1. The molecule has 1 saturated heterocycles. The third-order valence-corrected chi connectivity index (χ3v) is 4.41. The van der Waals surface area contributed by atoms with E-state index in [0.29, 0.717) is 12.1 Å². The highest BCUT2D eigenvalue weighted by Crippen LogP contribution is 2.13. The van der Waals surface area contributed by atoms with Gasteiger partial charge in [0.05, 0.1) is 0 Å². The Morgan fingerprint density at radius 3 is 2.46 bits per heavy atom. The predicted molar refractivity (Wildman–Crippen MR) is 93.1 cm³/mol.